The average molecular weight is 308 g/mol. The molecule has 0 bridgehead atoms. The summed E-state index contributed by atoms with van der Waals surface area (Å²) in [4.78, 5) is 6.99. The van der Waals surface area contributed by atoms with Crippen molar-refractivity contribution in [3.8, 4) is 0 Å². The van der Waals surface area contributed by atoms with Gasteiger partial charge < -0.3 is 10.6 Å². The van der Waals surface area contributed by atoms with Gasteiger partial charge in [-0.15, -0.1) is 5.10 Å². The molecule has 0 spiro atoms. The number of fused-ring (bicyclic) bond motifs is 1. The van der Waals surface area contributed by atoms with Crippen LogP contribution in [0, 0.1) is 0 Å². The van der Waals surface area contributed by atoms with Crippen molar-refractivity contribution in [2.24, 2.45) is 5.73 Å². The minimum Gasteiger partial charge on any atom is -0.337 e. The molecule has 2 heterocycles. The molecule has 0 amide bonds. The van der Waals surface area contributed by atoms with Gasteiger partial charge in [0.2, 0.25) is 5.95 Å². The van der Waals surface area contributed by atoms with Crippen molar-refractivity contribution in [3.63, 3.8) is 0 Å². The molecule has 0 radical (unpaired) electrons. The predicted octanol–water partition coefficient (Wildman–Crippen LogP) is 2.87. The largest absolute Gasteiger partial charge is 0.337 e. The molecule has 0 aliphatic heterocycles. The van der Waals surface area contributed by atoms with E-state index in [9.17, 15) is 0 Å². The van der Waals surface area contributed by atoms with Crippen molar-refractivity contribution in [3.05, 3.63) is 23.4 Å². The van der Waals surface area contributed by atoms with Gasteiger partial charge in [0.15, 0.2) is 5.65 Å². The lowest BCUT2D eigenvalue weighted by molar-refractivity contribution is 0.372. The SMILES string of the molecule is CCCN(c1nc2ccc(Cl)cn2n1)C1CCC(N)CC1. The van der Waals surface area contributed by atoms with Crippen molar-refractivity contribution in [1.82, 2.24) is 14.6 Å². The van der Waals surface area contributed by atoms with E-state index in [4.69, 9.17) is 17.3 Å². The van der Waals surface area contributed by atoms with Crippen molar-refractivity contribution in [2.75, 3.05) is 11.4 Å². The summed E-state index contributed by atoms with van der Waals surface area (Å²) < 4.78 is 1.76. The molecule has 2 aromatic heterocycles. The normalized spacial score (nSPS) is 22.6. The average Bonchev–Trinajstić information content (AvgIpc) is 2.88. The van der Waals surface area contributed by atoms with Gasteiger partial charge in [-0.3, -0.25) is 0 Å². The molecular formula is C15H22ClN5. The molecular weight excluding hydrogens is 286 g/mol. The zero-order valence-corrected chi connectivity index (χ0v) is 13.1. The lowest BCUT2D eigenvalue weighted by atomic mass is 9.91. The van der Waals surface area contributed by atoms with E-state index in [0.717, 1.165) is 50.2 Å². The standard InChI is InChI=1S/C15H22ClN5/c1-2-9-20(13-6-4-12(17)5-7-13)15-18-14-8-3-11(16)10-21(14)19-15/h3,8,10,12-13H,2,4-7,9,17H2,1H3. The summed E-state index contributed by atoms with van der Waals surface area (Å²) in [5.41, 5.74) is 6.86. The second kappa shape index (κ2) is 6.20. The third-order valence-corrected chi connectivity index (χ3v) is 4.41. The van der Waals surface area contributed by atoms with E-state index in [-0.39, 0.29) is 0 Å². The summed E-state index contributed by atoms with van der Waals surface area (Å²) in [6, 6.07) is 4.61. The fourth-order valence-corrected chi connectivity index (χ4v) is 3.22. The fraction of sp³-hybridized carbons (Fsp3) is 0.600. The van der Waals surface area contributed by atoms with E-state index in [1.165, 1.54) is 0 Å². The molecule has 2 N–H and O–H groups in total. The number of nitrogens with zero attached hydrogens (tertiary/aromatic N) is 4. The monoisotopic (exact) mass is 307 g/mol. The molecule has 1 saturated carbocycles. The Morgan fingerprint density at radius 2 is 2.10 bits per heavy atom. The number of halogens is 1. The van der Waals surface area contributed by atoms with E-state index < -0.39 is 0 Å². The summed E-state index contributed by atoms with van der Waals surface area (Å²) >= 11 is 6.02. The highest BCUT2D eigenvalue weighted by molar-refractivity contribution is 6.30. The molecule has 1 fully saturated rings. The van der Waals surface area contributed by atoms with E-state index >= 15 is 0 Å². The summed E-state index contributed by atoms with van der Waals surface area (Å²) in [7, 11) is 0. The first-order valence-corrected chi connectivity index (χ1v) is 8.09. The lowest BCUT2D eigenvalue weighted by Gasteiger charge is -2.35. The quantitative estimate of drug-likeness (QED) is 0.943. The maximum absolute atomic E-state index is 6.02. The number of pyridine rings is 1. The van der Waals surface area contributed by atoms with Crippen molar-refractivity contribution >= 4 is 23.2 Å². The third kappa shape index (κ3) is 3.14. The minimum absolute atomic E-state index is 0.359. The van der Waals surface area contributed by atoms with Crippen LogP contribution in [0.5, 0.6) is 0 Å². The first kappa shape index (κ1) is 14.6. The Labute approximate surface area is 130 Å². The van der Waals surface area contributed by atoms with Crippen LogP contribution in [0.15, 0.2) is 18.3 Å². The van der Waals surface area contributed by atoms with Crippen LogP contribution in [0.1, 0.15) is 39.0 Å². The number of aromatic nitrogens is 3. The molecule has 0 atom stereocenters. The Bertz CT molecular complexity index is 603. The maximum atomic E-state index is 6.02. The maximum Gasteiger partial charge on any atom is 0.245 e. The second-order valence-electron chi connectivity index (χ2n) is 5.82. The third-order valence-electron chi connectivity index (χ3n) is 4.19. The van der Waals surface area contributed by atoms with Crippen LogP contribution < -0.4 is 10.6 Å². The van der Waals surface area contributed by atoms with Gasteiger partial charge in [-0.2, -0.15) is 4.98 Å². The van der Waals surface area contributed by atoms with Gasteiger partial charge in [-0.25, -0.2) is 4.52 Å². The van der Waals surface area contributed by atoms with Crippen molar-refractivity contribution < 1.29 is 0 Å². The Morgan fingerprint density at radius 1 is 1.33 bits per heavy atom. The number of hydrogen-bond donors (Lipinski definition) is 1. The van der Waals surface area contributed by atoms with Crippen molar-refractivity contribution in [2.45, 2.75) is 51.1 Å². The molecule has 1 aliphatic rings. The van der Waals surface area contributed by atoms with E-state index in [1.54, 1.807) is 10.7 Å². The first-order chi connectivity index (χ1) is 10.2. The van der Waals surface area contributed by atoms with Crippen LogP contribution in [0.25, 0.3) is 5.65 Å². The Kier molecular flexibility index (Phi) is 4.31. The van der Waals surface area contributed by atoms with Gasteiger partial charge in [0, 0.05) is 24.8 Å². The highest BCUT2D eigenvalue weighted by atomic mass is 35.5. The minimum atomic E-state index is 0.359. The molecule has 114 valence electrons. The molecule has 2 aromatic rings. The molecule has 21 heavy (non-hydrogen) atoms. The number of nitrogens with two attached hydrogens (primary N) is 1. The summed E-state index contributed by atoms with van der Waals surface area (Å²) in [6.07, 6.45) is 7.30. The molecule has 5 nitrogen and oxygen atoms in total. The zero-order chi connectivity index (χ0) is 14.8. The van der Waals surface area contributed by atoms with Gasteiger partial charge in [-0.1, -0.05) is 18.5 Å². The first-order valence-electron chi connectivity index (χ1n) is 7.71. The number of hydrogen-bond acceptors (Lipinski definition) is 4. The highest BCUT2D eigenvalue weighted by Gasteiger charge is 2.26. The van der Waals surface area contributed by atoms with Crippen LogP contribution >= 0.6 is 11.6 Å². The number of rotatable bonds is 4. The predicted molar refractivity (Wildman–Crippen MR) is 85.9 cm³/mol. The molecule has 0 aromatic carbocycles. The van der Waals surface area contributed by atoms with E-state index in [0.29, 0.717) is 17.1 Å². The van der Waals surface area contributed by atoms with Crippen molar-refractivity contribution in [1.29, 1.82) is 0 Å². The molecule has 0 unspecified atom stereocenters. The summed E-state index contributed by atoms with van der Waals surface area (Å²) in [6.45, 7) is 3.17. The summed E-state index contributed by atoms with van der Waals surface area (Å²) in [5.74, 6) is 0.805. The zero-order valence-electron chi connectivity index (χ0n) is 12.4. The van der Waals surface area contributed by atoms with Gasteiger partial charge >= 0.3 is 0 Å². The van der Waals surface area contributed by atoms with Gasteiger partial charge in [0.1, 0.15) is 0 Å². The smallest absolute Gasteiger partial charge is 0.245 e. The Balaban J connectivity index is 1.87. The molecule has 1 aliphatic carbocycles. The van der Waals surface area contributed by atoms with Crippen LogP contribution in [0.4, 0.5) is 5.95 Å². The second-order valence-corrected chi connectivity index (χ2v) is 6.26. The summed E-state index contributed by atoms with van der Waals surface area (Å²) in [5, 5.41) is 5.27. The molecule has 0 saturated heterocycles. The van der Waals surface area contributed by atoms with Gasteiger partial charge in [0.25, 0.3) is 0 Å². The molecule has 6 heteroatoms. The number of anilines is 1. The lowest BCUT2D eigenvalue weighted by Crippen LogP contribution is -2.42. The van der Waals surface area contributed by atoms with Crippen LogP contribution in [0.3, 0.4) is 0 Å². The Hall–Kier alpha value is -1.33. The van der Waals surface area contributed by atoms with E-state index in [1.807, 2.05) is 12.1 Å². The van der Waals surface area contributed by atoms with Gasteiger partial charge in [-0.05, 0) is 44.2 Å². The molecule has 3 rings (SSSR count). The highest BCUT2D eigenvalue weighted by Crippen LogP contribution is 2.26. The van der Waals surface area contributed by atoms with Crippen LogP contribution in [0.2, 0.25) is 5.02 Å². The van der Waals surface area contributed by atoms with Crippen LogP contribution in [-0.4, -0.2) is 33.2 Å². The fourth-order valence-electron chi connectivity index (χ4n) is 3.07. The van der Waals surface area contributed by atoms with Gasteiger partial charge in [0.05, 0.1) is 5.02 Å². The topological polar surface area (TPSA) is 59.5 Å². The Morgan fingerprint density at radius 3 is 2.81 bits per heavy atom. The van der Waals surface area contributed by atoms with Crippen LogP contribution in [-0.2, 0) is 0 Å². The van der Waals surface area contributed by atoms with E-state index in [2.05, 4.69) is 21.9 Å².